The molecule has 0 aromatic heterocycles. The number of carbonyl (C=O) groups excluding carboxylic acids is 3. The number of ether oxygens (including phenoxy) is 2. The molecule has 4 unspecified atom stereocenters. The van der Waals surface area contributed by atoms with Crippen molar-refractivity contribution in [1.82, 2.24) is 0 Å². The number of benzene rings is 1. The fourth-order valence-corrected chi connectivity index (χ4v) is 3.50. The Morgan fingerprint density at radius 2 is 1.72 bits per heavy atom. The zero-order valence-corrected chi connectivity index (χ0v) is 19.4. The second kappa shape index (κ2) is 14.8. The first-order valence-electron chi connectivity index (χ1n) is 11.0. The van der Waals surface area contributed by atoms with Gasteiger partial charge in [0.25, 0.3) is 0 Å². The average molecular weight is 442 g/mol. The van der Waals surface area contributed by atoms with Gasteiger partial charge in [-0.15, -0.1) is 0 Å². The number of amides is 1. The van der Waals surface area contributed by atoms with Crippen LogP contribution in [0, 0.1) is 11.8 Å². The van der Waals surface area contributed by atoms with Crippen LogP contribution in [-0.4, -0.2) is 30.1 Å². The molecule has 1 aromatic carbocycles. The number of primary amides is 1. The Balaban J connectivity index is 2.97. The second-order valence-electron chi connectivity index (χ2n) is 7.84. The Kier molecular flexibility index (Phi) is 12.4. The summed E-state index contributed by atoms with van der Waals surface area (Å²) < 4.78 is 11.4. The van der Waals surface area contributed by atoms with Gasteiger partial charge in [-0.1, -0.05) is 75.8 Å². The molecule has 0 spiro atoms. The minimum atomic E-state index is -0.538. The van der Waals surface area contributed by atoms with E-state index < -0.39 is 30.1 Å². The van der Waals surface area contributed by atoms with Crippen molar-refractivity contribution >= 4 is 23.9 Å². The zero-order valence-electron chi connectivity index (χ0n) is 19.4. The summed E-state index contributed by atoms with van der Waals surface area (Å²) >= 11 is 0. The van der Waals surface area contributed by atoms with Crippen molar-refractivity contribution in [2.24, 2.45) is 17.6 Å². The molecule has 0 fully saturated rings. The maximum atomic E-state index is 12.6. The standard InChI is InChI=1S/C26H35NO5/c1-5-12-19(2)26(32-25(30)18-17-22-13-8-6-9-14-22)20(3)23(31-21(4)28)15-10-7-11-16-24(27)29/h6-11,13-14,16-20,23,26H,5,12,15H2,1-4H3,(H2,27,29)/b10-7+,16-11-,18-17?. The number of carbonyl (C=O) groups is 3. The van der Waals surface area contributed by atoms with Crippen molar-refractivity contribution in [3.05, 3.63) is 66.3 Å². The number of rotatable bonds is 13. The number of nitrogens with two attached hydrogens (primary N) is 1. The molecule has 1 amide bonds. The summed E-state index contributed by atoms with van der Waals surface area (Å²) in [6.45, 7) is 7.39. The van der Waals surface area contributed by atoms with E-state index >= 15 is 0 Å². The largest absolute Gasteiger partial charge is 0.462 e. The first-order chi connectivity index (χ1) is 15.2. The van der Waals surface area contributed by atoms with Crippen LogP contribution in [0.4, 0.5) is 0 Å². The molecule has 0 aliphatic rings. The van der Waals surface area contributed by atoms with Crippen molar-refractivity contribution in [1.29, 1.82) is 0 Å². The molecule has 1 aromatic rings. The predicted octanol–water partition coefficient (Wildman–Crippen LogP) is 4.60. The Labute approximate surface area is 191 Å². The molecule has 0 saturated carbocycles. The summed E-state index contributed by atoms with van der Waals surface area (Å²) in [7, 11) is 0. The van der Waals surface area contributed by atoms with Crippen molar-refractivity contribution in [2.75, 3.05) is 0 Å². The number of hydrogen-bond acceptors (Lipinski definition) is 5. The van der Waals surface area contributed by atoms with Crippen LogP contribution in [0.3, 0.4) is 0 Å². The number of hydrogen-bond donors (Lipinski definition) is 1. The Hall–Kier alpha value is -3.15. The summed E-state index contributed by atoms with van der Waals surface area (Å²) in [4.78, 5) is 35.1. The highest BCUT2D eigenvalue weighted by Gasteiger charge is 2.33. The SMILES string of the molecule is CCCC(C)C(OC(=O)C=Cc1ccccc1)C(C)C(C/C=C/C=C\C(N)=O)OC(C)=O. The van der Waals surface area contributed by atoms with E-state index in [2.05, 4.69) is 6.92 Å². The van der Waals surface area contributed by atoms with Crippen LogP contribution in [0.25, 0.3) is 6.08 Å². The summed E-state index contributed by atoms with van der Waals surface area (Å²) in [6.07, 6.45) is 10.7. The molecule has 32 heavy (non-hydrogen) atoms. The zero-order chi connectivity index (χ0) is 23.9. The Morgan fingerprint density at radius 1 is 1.03 bits per heavy atom. The van der Waals surface area contributed by atoms with E-state index in [-0.39, 0.29) is 11.8 Å². The van der Waals surface area contributed by atoms with Crippen LogP contribution in [0.2, 0.25) is 0 Å². The van der Waals surface area contributed by atoms with Gasteiger partial charge in [-0.2, -0.15) is 0 Å². The monoisotopic (exact) mass is 441 g/mol. The molecule has 1 rings (SSSR count). The van der Waals surface area contributed by atoms with E-state index in [0.29, 0.717) is 6.42 Å². The van der Waals surface area contributed by atoms with Gasteiger partial charge in [-0.25, -0.2) is 4.79 Å². The molecule has 0 radical (unpaired) electrons. The summed E-state index contributed by atoms with van der Waals surface area (Å²) in [5, 5.41) is 0. The third kappa shape index (κ3) is 10.8. The third-order valence-corrected chi connectivity index (χ3v) is 5.07. The van der Waals surface area contributed by atoms with E-state index in [0.717, 1.165) is 18.4 Å². The lowest BCUT2D eigenvalue weighted by Gasteiger charge is -2.33. The molecular weight excluding hydrogens is 406 g/mol. The molecule has 0 heterocycles. The van der Waals surface area contributed by atoms with Gasteiger partial charge in [-0.3, -0.25) is 9.59 Å². The molecule has 0 aliphatic carbocycles. The predicted molar refractivity (Wildman–Crippen MR) is 126 cm³/mol. The molecule has 6 nitrogen and oxygen atoms in total. The van der Waals surface area contributed by atoms with Crippen LogP contribution in [0.15, 0.2) is 60.7 Å². The molecule has 0 bridgehead atoms. The van der Waals surface area contributed by atoms with Crippen LogP contribution in [0.1, 0.15) is 52.5 Å². The van der Waals surface area contributed by atoms with Gasteiger partial charge in [0, 0.05) is 31.4 Å². The van der Waals surface area contributed by atoms with Crippen molar-refractivity contribution in [2.45, 2.75) is 59.2 Å². The normalized spacial score (nSPS) is 15.5. The van der Waals surface area contributed by atoms with Crippen molar-refractivity contribution in [3.8, 4) is 0 Å². The Bertz CT molecular complexity index is 813. The van der Waals surface area contributed by atoms with Gasteiger partial charge in [0.2, 0.25) is 5.91 Å². The highest BCUT2D eigenvalue weighted by Crippen LogP contribution is 2.27. The van der Waals surface area contributed by atoms with E-state index in [9.17, 15) is 14.4 Å². The Morgan fingerprint density at radius 3 is 2.31 bits per heavy atom. The van der Waals surface area contributed by atoms with E-state index in [4.69, 9.17) is 15.2 Å². The van der Waals surface area contributed by atoms with Crippen LogP contribution in [-0.2, 0) is 23.9 Å². The maximum absolute atomic E-state index is 12.6. The van der Waals surface area contributed by atoms with Gasteiger partial charge in [0.15, 0.2) is 0 Å². The molecule has 2 N–H and O–H groups in total. The van der Waals surface area contributed by atoms with E-state index in [1.807, 2.05) is 44.2 Å². The highest BCUT2D eigenvalue weighted by molar-refractivity contribution is 5.87. The number of esters is 2. The fraction of sp³-hybridized carbons (Fsp3) is 0.423. The smallest absolute Gasteiger partial charge is 0.331 e. The van der Waals surface area contributed by atoms with Gasteiger partial charge >= 0.3 is 11.9 Å². The van der Waals surface area contributed by atoms with Crippen LogP contribution >= 0.6 is 0 Å². The fourth-order valence-electron chi connectivity index (χ4n) is 3.50. The first kappa shape index (κ1) is 26.9. The minimum absolute atomic E-state index is 0.0841. The number of allylic oxidation sites excluding steroid dienone is 2. The molecule has 0 aliphatic heterocycles. The van der Waals surface area contributed by atoms with E-state index in [1.165, 1.54) is 25.2 Å². The molecule has 4 atom stereocenters. The third-order valence-electron chi connectivity index (χ3n) is 5.07. The maximum Gasteiger partial charge on any atom is 0.331 e. The van der Waals surface area contributed by atoms with Crippen molar-refractivity contribution in [3.63, 3.8) is 0 Å². The van der Waals surface area contributed by atoms with Gasteiger partial charge in [0.1, 0.15) is 12.2 Å². The van der Waals surface area contributed by atoms with E-state index in [1.54, 1.807) is 18.2 Å². The molecule has 6 heteroatoms. The van der Waals surface area contributed by atoms with Crippen LogP contribution in [0.5, 0.6) is 0 Å². The molecule has 174 valence electrons. The van der Waals surface area contributed by atoms with Gasteiger partial charge < -0.3 is 15.2 Å². The van der Waals surface area contributed by atoms with Crippen molar-refractivity contribution < 1.29 is 23.9 Å². The summed E-state index contributed by atoms with van der Waals surface area (Å²) in [5.41, 5.74) is 5.98. The minimum Gasteiger partial charge on any atom is -0.462 e. The van der Waals surface area contributed by atoms with Gasteiger partial charge in [-0.05, 0) is 24.0 Å². The second-order valence-corrected chi connectivity index (χ2v) is 7.84. The lowest BCUT2D eigenvalue weighted by molar-refractivity contribution is -0.159. The lowest BCUT2D eigenvalue weighted by Crippen LogP contribution is -2.39. The van der Waals surface area contributed by atoms with Crippen LogP contribution < -0.4 is 5.73 Å². The lowest BCUT2D eigenvalue weighted by atomic mass is 9.85. The molecule has 0 saturated heterocycles. The van der Waals surface area contributed by atoms with Gasteiger partial charge in [0.05, 0.1) is 0 Å². The first-order valence-corrected chi connectivity index (χ1v) is 11.0. The topological polar surface area (TPSA) is 95.7 Å². The highest BCUT2D eigenvalue weighted by atomic mass is 16.6. The average Bonchev–Trinajstić information content (AvgIpc) is 2.75. The summed E-state index contributed by atoms with van der Waals surface area (Å²) in [6, 6.07) is 9.51. The summed E-state index contributed by atoms with van der Waals surface area (Å²) in [5.74, 6) is -1.53. The quantitative estimate of drug-likeness (QED) is 0.274. The molecular formula is C26H35NO5.